The number of carbonyl (C=O) groups is 1. The lowest BCUT2D eigenvalue weighted by molar-refractivity contribution is 0.0643. The van der Waals surface area contributed by atoms with Gasteiger partial charge in [-0.25, -0.2) is 9.97 Å². The first-order valence-corrected chi connectivity index (χ1v) is 10.8. The summed E-state index contributed by atoms with van der Waals surface area (Å²) >= 11 is 7.62. The second-order valence-electron chi connectivity index (χ2n) is 6.94. The monoisotopic (exact) mass is 419 g/mol. The Morgan fingerprint density at radius 2 is 1.82 bits per heavy atom. The molecule has 0 aliphatic carbocycles. The molecule has 0 saturated carbocycles. The topological polar surface area (TPSA) is 52.6 Å². The van der Waals surface area contributed by atoms with Crippen LogP contribution >= 0.6 is 23.4 Å². The lowest BCUT2D eigenvalue weighted by Gasteiger charge is -2.34. The fourth-order valence-electron chi connectivity index (χ4n) is 3.02. The average molecular weight is 420 g/mol. The molecule has 0 bridgehead atoms. The van der Waals surface area contributed by atoms with Crippen molar-refractivity contribution in [2.24, 2.45) is 0 Å². The van der Waals surface area contributed by atoms with Gasteiger partial charge in [0.25, 0.3) is 5.91 Å². The van der Waals surface area contributed by atoms with Gasteiger partial charge in [-0.3, -0.25) is 4.79 Å². The SMILES string of the molecule is CCN1CCN(C(=O)c2ccc(CSc3nc(Cl)cc(N(C)C)n3)cc2)CC1. The number of hydrogen-bond acceptors (Lipinski definition) is 6. The van der Waals surface area contributed by atoms with E-state index in [9.17, 15) is 4.79 Å². The summed E-state index contributed by atoms with van der Waals surface area (Å²) in [6.07, 6.45) is 0. The maximum atomic E-state index is 12.7. The Morgan fingerprint density at radius 1 is 1.14 bits per heavy atom. The van der Waals surface area contributed by atoms with Crippen molar-refractivity contribution in [2.45, 2.75) is 17.8 Å². The zero-order valence-corrected chi connectivity index (χ0v) is 18.1. The number of anilines is 1. The van der Waals surface area contributed by atoms with Crippen LogP contribution in [0.2, 0.25) is 5.15 Å². The minimum atomic E-state index is 0.115. The van der Waals surface area contributed by atoms with Crippen LogP contribution in [0.1, 0.15) is 22.8 Å². The highest BCUT2D eigenvalue weighted by atomic mass is 35.5. The van der Waals surface area contributed by atoms with Crippen LogP contribution in [0.4, 0.5) is 5.82 Å². The lowest BCUT2D eigenvalue weighted by atomic mass is 10.1. The predicted octanol–water partition coefficient (Wildman–Crippen LogP) is 3.27. The molecule has 1 aromatic carbocycles. The van der Waals surface area contributed by atoms with Gasteiger partial charge in [0.1, 0.15) is 11.0 Å². The van der Waals surface area contributed by atoms with Crippen molar-refractivity contribution in [1.82, 2.24) is 19.8 Å². The van der Waals surface area contributed by atoms with E-state index < -0.39 is 0 Å². The van der Waals surface area contributed by atoms with Gasteiger partial charge in [0.2, 0.25) is 0 Å². The molecule has 28 heavy (non-hydrogen) atoms. The highest BCUT2D eigenvalue weighted by Gasteiger charge is 2.21. The lowest BCUT2D eigenvalue weighted by Crippen LogP contribution is -2.48. The quantitative estimate of drug-likeness (QED) is 0.407. The molecule has 1 aliphatic heterocycles. The van der Waals surface area contributed by atoms with Crippen LogP contribution in [-0.2, 0) is 5.75 Å². The van der Waals surface area contributed by atoms with E-state index in [1.54, 1.807) is 6.07 Å². The van der Waals surface area contributed by atoms with Gasteiger partial charge >= 0.3 is 0 Å². The van der Waals surface area contributed by atoms with Gasteiger partial charge in [-0.15, -0.1) is 0 Å². The normalized spacial score (nSPS) is 14.9. The number of nitrogens with zero attached hydrogens (tertiary/aromatic N) is 5. The summed E-state index contributed by atoms with van der Waals surface area (Å²) in [4.78, 5) is 27.7. The number of carbonyl (C=O) groups excluding carboxylic acids is 1. The molecule has 8 heteroatoms. The van der Waals surface area contributed by atoms with Crippen molar-refractivity contribution in [1.29, 1.82) is 0 Å². The van der Waals surface area contributed by atoms with Crippen LogP contribution in [0.5, 0.6) is 0 Å². The van der Waals surface area contributed by atoms with E-state index in [1.807, 2.05) is 48.2 Å². The summed E-state index contributed by atoms with van der Waals surface area (Å²) < 4.78 is 0. The second-order valence-corrected chi connectivity index (χ2v) is 8.27. The average Bonchev–Trinajstić information content (AvgIpc) is 2.72. The van der Waals surface area contributed by atoms with Crippen LogP contribution in [0, 0.1) is 0 Å². The first-order chi connectivity index (χ1) is 13.5. The number of amides is 1. The highest BCUT2D eigenvalue weighted by Crippen LogP contribution is 2.24. The van der Waals surface area contributed by atoms with Crippen LogP contribution in [0.3, 0.4) is 0 Å². The third kappa shape index (κ3) is 5.37. The van der Waals surface area contributed by atoms with Crippen molar-refractivity contribution in [3.63, 3.8) is 0 Å². The molecular formula is C20H26ClN5OS. The van der Waals surface area contributed by atoms with E-state index in [-0.39, 0.29) is 5.91 Å². The first-order valence-electron chi connectivity index (χ1n) is 9.41. The Morgan fingerprint density at radius 3 is 2.43 bits per heavy atom. The maximum absolute atomic E-state index is 12.7. The number of hydrogen-bond donors (Lipinski definition) is 0. The second kappa shape index (κ2) is 9.58. The molecule has 1 fully saturated rings. The molecule has 0 N–H and O–H groups in total. The van der Waals surface area contributed by atoms with E-state index in [2.05, 4.69) is 21.8 Å². The number of thioether (sulfide) groups is 1. The van der Waals surface area contributed by atoms with Crippen LogP contribution in [-0.4, -0.2) is 72.5 Å². The summed E-state index contributed by atoms with van der Waals surface area (Å²) in [7, 11) is 3.84. The number of rotatable bonds is 6. The largest absolute Gasteiger partial charge is 0.363 e. The van der Waals surface area contributed by atoms with E-state index in [1.165, 1.54) is 11.8 Å². The van der Waals surface area contributed by atoms with E-state index in [4.69, 9.17) is 11.6 Å². The minimum absolute atomic E-state index is 0.115. The summed E-state index contributed by atoms with van der Waals surface area (Å²) in [6.45, 7) is 6.69. The maximum Gasteiger partial charge on any atom is 0.253 e. The van der Waals surface area contributed by atoms with Gasteiger partial charge in [-0.2, -0.15) is 0 Å². The summed E-state index contributed by atoms with van der Waals surface area (Å²) in [5.41, 5.74) is 1.86. The van der Waals surface area contributed by atoms with Gasteiger partial charge in [0.15, 0.2) is 5.16 Å². The Hall–Kier alpha value is -1.83. The molecule has 3 rings (SSSR count). The third-order valence-corrected chi connectivity index (χ3v) is 5.91. The van der Waals surface area contributed by atoms with Crippen molar-refractivity contribution >= 4 is 35.1 Å². The molecule has 0 unspecified atom stereocenters. The van der Waals surface area contributed by atoms with Gasteiger partial charge in [-0.1, -0.05) is 42.4 Å². The molecule has 1 aromatic heterocycles. The first kappa shape index (κ1) is 20.9. The van der Waals surface area contributed by atoms with Crippen LogP contribution in [0.15, 0.2) is 35.5 Å². The fraction of sp³-hybridized carbons (Fsp3) is 0.450. The Labute approximate surface area is 175 Å². The summed E-state index contributed by atoms with van der Waals surface area (Å²) in [5, 5.41) is 1.08. The number of piperazine rings is 1. The van der Waals surface area contributed by atoms with Crippen molar-refractivity contribution in [3.05, 3.63) is 46.6 Å². The van der Waals surface area contributed by atoms with E-state index in [0.29, 0.717) is 10.3 Å². The van der Waals surface area contributed by atoms with Gasteiger partial charge in [0, 0.05) is 57.7 Å². The summed E-state index contributed by atoms with van der Waals surface area (Å²) in [6, 6.07) is 9.56. The minimum Gasteiger partial charge on any atom is -0.363 e. The van der Waals surface area contributed by atoms with Gasteiger partial charge in [0.05, 0.1) is 0 Å². The van der Waals surface area contributed by atoms with Crippen LogP contribution < -0.4 is 4.90 Å². The van der Waals surface area contributed by atoms with Crippen molar-refractivity contribution < 1.29 is 4.79 Å². The Balaban J connectivity index is 1.58. The van der Waals surface area contributed by atoms with E-state index in [0.717, 1.165) is 55.4 Å². The zero-order chi connectivity index (χ0) is 20.1. The predicted molar refractivity (Wildman–Crippen MR) is 115 cm³/mol. The van der Waals surface area contributed by atoms with Gasteiger partial charge in [-0.05, 0) is 24.2 Å². The number of aromatic nitrogens is 2. The molecule has 1 amide bonds. The molecule has 0 spiro atoms. The molecule has 6 nitrogen and oxygen atoms in total. The molecule has 1 saturated heterocycles. The van der Waals surface area contributed by atoms with Crippen LogP contribution in [0.25, 0.3) is 0 Å². The summed E-state index contributed by atoms with van der Waals surface area (Å²) in [5.74, 6) is 1.62. The van der Waals surface area contributed by atoms with Gasteiger partial charge < -0.3 is 14.7 Å². The molecule has 0 atom stereocenters. The molecule has 150 valence electrons. The Kier molecular flexibility index (Phi) is 7.15. The highest BCUT2D eigenvalue weighted by molar-refractivity contribution is 7.98. The van der Waals surface area contributed by atoms with Crippen molar-refractivity contribution in [3.8, 4) is 0 Å². The molecular weight excluding hydrogens is 394 g/mol. The van der Waals surface area contributed by atoms with Crippen molar-refractivity contribution in [2.75, 3.05) is 51.7 Å². The number of benzene rings is 1. The fourth-order valence-corrected chi connectivity index (χ4v) is 4.06. The molecule has 2 aromatic rings. The molecule has 1 aliphatic rings. The standard InChI is InChI=1S/C20H26ClN5OS/c1-4-25-9-11-26(12-10-25)19(27)16-7-5-15(6-8-16)14-28-20-22-17(21)13-18(23-20)24(2)3/h5-8,13H,4,9-12,14H2,1-3H3. The molecule has 2 heterocycles. The smallest absolute Gasteiger partial charge is 0.253 e. The third-order valence-electron chi connectivity index (χ3n) is 4.79. The number of likely N-dealkylation sites (N-methyl/N-ethyl adjacent to an activating group) is 1. The zero-order valence-electron chi connectivity index (χ0n) is 16.6. The van der Waals surface area contributed by atoms with E-state index >= 15 is 0 Å². The molecule has 0 radical (unpaired) electrons. The Bertz CT molecular complexity index is 807. The number of halogens is 1.